The van der Waals surface area contributed by atoms with Gasteiger partial charge in [0, 0.05) is 37.8 Å². The number of benzene rings is 2. The number of phenolic OH excluding ortho intramolecular Hbond substituents is 1. The van der Waals surface area contributed by atoms with Gasteiger partial charge in [-0.2, -0.15) is 4.98 Å². The zero-order valence-electron chi connectivity index (χ0n) is 24.1. The average molecular weight is 588 g/mol. The van der Waals surface area contributed by atoms with Crippen LogP contribution in [0, 0.1) is 18.6 Å². The van der Waals surface area contributed by atoms with Crippen molar-refractivity contribution in [3.63, 3.8) is 0 Å². The molecule has 1 amide bonds. The predicted molar refractivity (Wildman–Crippen MR) is 159 cm³/mol. The molecule has 0 spiro atoms. The highest BCUT2D eigenvalue weighted by Crippen LogP contribution is 2.45. The number of aryl methyl sites for hydroxylation is 1. The van der Waals surface area contributed by atoms with Crippen LogP contribution in [0.4, 0.5) is 14.6 Å². The molecule has 1 saturated heterocycles. The third kappa shape index (κ3) is 4.59. The number of piperazine rings is 1. The van der Waals surface area contributed by atoms with Crippen molar-refractivity contribution < 1.29 is 23.4 Å². The summed E-state index contributed by atoms with van der Waals surface area (Å²) in [5.41, 5.74) is 0.847. The van der Waals surface area contributed by atoms with E-state index in [0.717, 1.165) is 11.6 Å². The SMILES string of the molecule is C=CC(=O)N1CCN2c3nc(=O)n(-c4c(C)ccnc4C(C)C)c4cc(-c5c(O)cccc5F)c(F)c(c34)OCCC2C1. The van der Waals surface area contributed by atoms with Crippen molar-refractivity contribution in [2.24, 2.45) is 0 Å². The highest BCUT2D eigenvalue weighted by Gasteiger charge is 2.36. The molecule has 6 rings (SSSR count). The second kappa shape index (κ2) is 10.8. The van der Waals surface area contributed by atoms with Crippen LogP contribution in [0.5, 0.6) is 11.5 Å². The van der Waals surface area contributed by atoms with Gasteiger partial charge in [-0.1, -0.05) is 26.5 Å². The number of phenols is 1. The highest BCUT2D eigenvalue weighted by atomic mass is 19.1. The van der Waals surface area contributed by atoms with E-state index in [9.17, 15) is 14.7 Å². The van der Waals surface area contributed by atoms with E-state index in [1.807, 2.05) is 25.7 Å². The molecule has 1 unspecified atom stereocenters. The van der Waals surface area contributed by atoms with Crippen molar-refractivity contribution >= 4 is 22.6 Å². The minimum atomic E-state index is -0.882. The summed E-state index contributed by atoms with van der Waals surface area (Å²) in [6.07, 6.45) is 3.33. The van der Waals surface area contributed by atoms with Crippen LogP contribution < -0.4 is 15.3 Å². The van der Waals surface area contributed by atoms with Crippen LogP contribution >= 0.6 is 0 Å². The van der Waals surface area contributed by atoms with E-state index < -0.39 is 23.1 Å². The lowest BCUT2D eigenvalue weighted by Gasteiger charge is -2.43. The third-order valence-corrected chi connectivity index (χ3v) is 8.18. The Labute approximate surface area is 246 Å². The van der Waals surface area contributed by atoms with E-state index >= 15 is 8.78 Å². The maximum absolute atomic E-state index is 16.5. The van der Waals surface area contributed by atoms with E-state index in [1.165, 1.54) is 28.8 Å². The molecule has 2 aliphatic rings. The lowest BCUT2D eigenvalue weighted by Crippen LogP contribution is -2.56. The zero-order valence-corrected chi connectivity index (χ0v) is 24.1. The molecule has 1 N–H and O–H groups in total. The van der Waals surface area contributed by atoms with Crippen LogP contribution in [0.1, 0.15) is 37.4 Å². The second-order valence-electron chi connectivity index (χ2n) is 11.1. The van der Waals surface area contributed by atoms with Crippen LogP contribution in [-0.4, -0.2) is 62.7 Å². The lowest BCUT2D eigenvalue weighted by molar-refractivity contribution is -0.126. The second-order valence-corrected chi connectivity index (χ2v) is 11.1. The Bertz CT molecular complexity index is 1830. The van der Waals surface area contributed by atoms with Gasteiger partial charge in [0.25, 0.3) is 0 Å². The first-order chi connectivity index (χ1) is 20.6. The first-order valence-corrected chi connectivity index (χ1v) is 14.2. The van der Waals surface area contributed by atoms with Crippen molar-refractivity contribution in [1.82, 2.24) is 19.4 Å². The zero-order chi connectivity index (χ0) is 30.6. The molecule has 4 heterocycles. The largest absolute Gasteiger partial charge is 0.507 e. The Kier molecular flexibility index (Phi) is 7.11. The Morgan fingerprint density at radius 2 is 2.02 bits per heavy atom. The van der Waals surface area contributed by atoms with Gasteiger partial charge in [0.1, 0.15) is 17.4 Å². The number of hydrogen-bond donors (Lipinski definition) is 1. The molecule has 11 heteroatoms. The summed E-state index contributed by atoms with van der Waals surface area (Å²) >= 11 is 0. The molecule has 0 bridgehead atoms. The maximum Gasteiger partial charge on any atom is 0.354 e. The Hall–Kier alpha value is -4.80. The summed E-state index contributed by atoms with van der Waals surface area (Å²) in [7, 11) is 0. The van der Waals surface area contributed by atoms with Crippen molar-refractivity contribution in [3.8, 4) is 28.3 Å². The normalized spacial score (nSPS) is 16.5. The standard InChI is InChI=1S/C32H31F2N5O4/c1-5-24(41)37-12-13-38-19(16-37)10-14-43-30-26-22(15-20(27(30)34)25-21(33)7-6-8-23(25)40)39(32(42)36-31(26)38)29-18(4)9-11-35-28(29)17(2)3/h5-9,11,15,17,19,40H,1,10,12-14,16H2,2-4H3. The molecule has 222 valence electrons. The number of hydrogen-bond acceptors (Lipinski definition) is 7. The van der Waals surface area contributed by atoms with Crippen LogP contribution in [0.2, 0.25) is 0 Å². The predicted octanol–water partition coefficient (Wildman–Crippen LogP) is 4.85. The Morgan fingerprint density at radius 1 is 1.23 bits per heavy atom. The quantitative estimate of drug-likeness (QED) is 0.341. The number of amides is 1. The number of aromatic hydroxyl groups is 1. The monoisotopic (exact) mass is 587 g/mol. The smallest absolute Gasteiger partial charge is 0.354 e. The third-order valence-electron chi connectivity index (χ3n) is 8.18. The number of rotatable bonds is 4. The lowest BCUT2D eigenvalue weighted by atomic mass is 9.98. The van der Waals surface area contributed by atoms with Crippen LogP contribution in [0.3, 0.4) is 0 Å². The number of halogens is 2. The number of anilines is 1. The van der Waals surface area contributed by atoms with E-state index in [0.29, 0.717) is 37.4 Å². The van der Waals surface area contributed by atoms with Crippen LogP contribution in [0.25, 0.3) is 27.7 Å². The van der Waals surface area contributed by atoms with E-state index in [4.69, 9.17) is 4.74 Å². The number of fused-ring (bicyclic) bond motifs is 2. The number of aromatic nitrogens is 3. The van der Waals surface area contributed by atoms with E-state index in [2.05, 4.69) is 16.5 Å². The molecule has 2 aliphatic heterocycles. The minimum Gasteiger partial charge on any atom is -0.507 e. The molecular formula is C32H31F2N5O4. The maximum atomic E-state index is 16.5. The fourth-order valence-corrected chi connectivity index (χ4v) is 6.13. The number of ether oxygens (including phenoxy) is 1. The van der Waals surface area contributed by atoms with Crippen molar-refractivity contribution in [2.45, 2.75) is 39.2 Å². The summed E-state index contributed by atoms with van der Waals surface area (Å²) in [5, 5.41) is 10.9. The van der Waals surface area contributed by atoms with Crippen molar-refractivity contribution in [3.05, 3.63) is 82.6 Å². The van der Waals surface area contributed by atoms with E-state index in [1.54, 1.807) is 17.2 Å². The van der Waals surface area contributed by atoms with Crippen molar-refractivity contribution in [1.29, 1.82) is 0 Å². The fraction of sp³-hybridized carbons (Fsp3) is 0.312. The van der Waals surface area contributed by atoms with Crippen LogP contribution in [-0.2, 0) is 4.79 Å². The molecule has 0 saturated carbocycles. The van der Waals surface area contributed by atoms with Gasteiger partial charge in [-0.15, -0.1) is 0 Å². The number of carbonyl (C=O) groups is 1. The Balaban J connectivity index is 1.72. The summed E-state index contributed by atoms with van der Waals surface area (Å²) in [6.45, 7) is 10.5. The van der Waals surface area contributed by atoms with Gasteiger partial charge in [-0.05, 0) is 48.7 Å². The van der Waals surface area contributed by atoms with Crippen molar-refractivity contribution in [2.75, 3.05) is 31.1 Å². The minimum absolute atomic E-state index is 0.0811. The average Bonchev–Trinajstić information content (AvgIpc) is 2.97. The van der Waals surface area contributed by atoms with Crippen LogP contribution in [0.15, 0.2) is 54.0 Å². The number of carbonyl (C=O) groups excluding carboxylic acids is 1. The van der Waals surface area contributed by atoms with Gasteiger partial charge >= 0.3 is 5.69 Å². The number of nitrogens with zero attached hydrogens (tertiary/aromatic N) is 5. The molecule has 2 aromatic carbocycles. The first kappa shape index (κ1) is 28.3. The fourth-order valence-electron chi connectivity index (χ4n) is 6.13. The first-order valence-electron chi connectivity index (χ1n) is 14.2. The molecular weight excluding hydrogens is 556 g/mol. The van der Waals surface area contributed by atoms with Gasteiger partial charge < -0.3 is 19.6 Å². The molecule has 1 atom stereocenters. The summed E-state index contributed by atoms with van der Waals surface area (Å²) in [6, 6.07) is 6.60. The molecule has 9 nitrogen and oxygen atoms in total. The topological polar surface area (TPSA) is 101 Å². The van der Waals surface area contributed by atoms with Gasteiger partial charge in [-0.3, -0.25) is 14.3 Å². The van der Waals surface area contributed by atoms with Gasteiger partial charge in [0.15, 0.2) is 11.6 Å². The van der Waals surface area contributed by atoms with Gasteiger partial charge in [0.05, 0.1) is 40.5 Å². The molecule has 43 heavy (non-hydrogen) atoms. The molecule has 2 aromatic heterocycles. The van der Waals surface area contributed by atoms with Gasteiger partial charge in [0.2, 0.25) is 5.91 Å². The molecule has 1 fully saturated rings. The molecule has 4 aromatic rings. The van der Waals surface area contributed by atoms with Gasteiger partial charge in [-0.25, -0.2) is 13.6 Å². The summed E-state index contributed by atoms with van der Waals surface area (Å²) in [4.78, 5) is 39.2. The summed E-state index contributed by atoms with van der Waals surface area (Å²) < 4.78 is 39.2. The highest BCUT2D eigenvalue weighted by molar-refractivity contribution is 6.00. The summed E-state index contributed by atoms with van der Waals surface area (Å²) in [5.74, 6) is -2.43. The molecule has 0 radical (unpaired) electrons. The van der Waals surface area contributed by atoms with E-state index in [-0.39, 0.29) is 58.1 Å². The Morgan fingerprint density at radius 3 is 2.74 bits per heavy atom. The number of pyridine rings is 1. The molecule has 0 aliphatic carbocycles.